The summed E-state index contributed by atoms with van der Waals surface area (Å²) >= 11 is 0. The highest BCUT2D eigenvalue weighted by molar-refractivity contribution is 5.93. The number of aromatic nitrogens is 3. The van der Waals surface area contributed by atoms with Gasteiger partial charge in [-0.2, -0.15) is 0 Å². The van der Waals surface area contributed by atoms with E-state index >= 15 is 0 Å². The number of nitrogens with one attached hydrogen (secondary N) is 1. The summed E-state index contributed by atoms with van der Waals surface area (Å²) in [6, 6.07) is 7.49. The van der Waals surface area contributed by atoms with Gasteiger partial charge in [0.25, 0.3) is 11.5 Å². The molecule has 28 heavy (non-hydrogen) atoms. The molecule has 3 heterocycles. The molecule has 1 aromatic carbocycles. The first-order valence-corrected chi connectivity index (χ1v) is 9.31. The maximum absolute atomic E-state index is 12.8. The van der Waals surface area contributed by atoms with E-state index in [9.17, 15) is 9.59 Å². The lowest BCUT2D eigenvalue weighted by atomic mass is 10.1. The highest BCUT2D eigenvalue weighted by atomic mass is 16.5. The fraction of sp³-hybridized carbons (Fsp3) is 0.350. The molecule has 146 valence electrons. The molecular weight excluding hydrogens is 358 g/mol. The molecule has 0 radical (unpaired) electrons. The predicted octanol–water partition coefficient (Wildman–Crippen LogP) is 1.14. The van der Waals surface area contributed by atoms with E-state index in [4.69, 9.17) is 4.74 Å². The second kappa shape index (κ2) is 7.47. The first kappa shape index (κ1) is 18.2. The molecule has 2 aromatic heterocycles. The first-order valence-electron chi connectivity index (χ1n) is 9.31. The Kier molecular flexibility index (Phi) is 4.87. The maximum Gasteiger partial charge on any atom is 0.294 e. The van der Waals surface area contributed by atoms with Gasteiger partial charge in [-0.3, -0.25) is 14.0 Å². The van der Waals surface area contributed by atoms with Crippen molar-refractivity contribution in [2.45, 2.75) is 6.42 Å². The lowest BCUT2D eigenvalue weighted by Gasteiger charge is -2.18. The Labute approximate surface area is 162 Å². The molecule has 1 N–H and O–H groups in total. The average Bonchev–Trinajstić information content (AvgIpc) is 2.96. The smallest absolute Gasteiger partial charge is 0.294 e. The van der Waals surface area contributed by atoms with E-state index in [1.165, 1.54) is 0 Å². The number of carbonyl (C=O) groups excluding carboxylic acids is 1. The van der Waals surface area contributed by atoms with E-state index in [1.54, 1.807) is 34.2 Å². The number of benzene rings is 1. The maximum atomic E-state index is 12.8. The van der Waals surface area contributed by atoms with Crippen molar-refractivity contribution in [1.29, 1.82) is 0 Å². The van der Waals surface area contributed by atoms with Gasteiger partial charge < -0.3 is 19.5 Å². The van der Waals surface area contributed by atoms with Crippen molar-refractivity contribution in [3.63, 3.8) is 0 Å². The van der Waals surface area contributed by atoms with Gasteiger partial charge in [0, 0.05) is 44.6 Å². The van der Waals surface area contributed by atoms with Crippen LogP contribution in [0.5, 0.6) is 5.75 Å². The molecule has 8 nitrogen and oxygen atoms in total. The second-order valence-electron chi connectivity index (χ2n) is 6.86. The minimum Gasteiger partial charge on any atom is -0.497 e. The zero-order chi connectivity index (χ0) is 19.7. The van der Waals surface area contributed by atoms with Gasteiger partial charge in [0.2, 0.25) is 5.65 Å². The van der Waals surface area contributed by atoms with E-state index < -0.39 is 0 Å². The average molecular weight is 381 g/mol. The van der Waals surface area contributed by atoms with Gasteiger partial charge in [0.15, 0.2) is 0 Å². The Bertz CT molecular complexity index is 1060. The predicted molar refractivity (Wildman–Crippen MR) is 106 cm³/mol. The van der Waals surface area contributed by atoms with E-state index in [1.807, 2.05) is 30.5 Å². The summed E-state index contributed by atoms with van der Waals surface area (Å²) in [5.41, 5.74) is 1.91. The van der Waals surface area contributed by atoms with Crippen molar-refractivity contribution < 1.29 is 9.53 Å². The van der Waals surface area contributed by atoms with Crippen molar-refractivity contribution in [3.8, 4) is 17.0 Å². The number of amides is 1. The topological polar surface area (TPSA) is 80.9 Å². The number of nitrogens with zero attached hydrogens (tertiary/aromatic N) is 4. The van der Waals surface area contributed by atoms with Gasteiger partial charge in [-0.15, -0.1) is 0 Å². The second-order valence-corrected chi connectivity index (χ2v) is 6.86. The molecule has 1 aliphatic rings. The lowest BCUT2D eigenvalue weighted by Crippen LogP contribution is -2.34. The zero-order valence-electron chi connectivity index (χ0n) is 16.0. The third-order valence-corrected chi connectivity index (χ3v) is 5.08. The van der Waals surface area contributed by atoms with Crippen LogP contribution < -0.4 is 15.6 Å². The van der Waals surface area contributed by atoms with Gasteiger partial charge in [-0.1, -0.05) is 0 Å². The number of hydrogen-bond acceptors (Lipinski definition) is 5. The van der Waals surface area contributed by atoms with Crippen LogP contribution in [0.3, 0.4) is 0 Å². The number of methoxy groups -OCH3 is 1. The molecule has 0 spiro atoms. The van der Waals surface area contributed by atoms with Gasteiger partial charge in [0.1, 0.15) is 11.4 Å². The Morgan fingerprint density at radius 3 is 2.68 bits per heavy atom. The Balaban J connectivity index is 1.74. The van der Waals surface area contributed by atoms with E-state index in [-0.39, 0.29) is 17.1 Å². The first-order chi connectivity index (χ1) is 13.6. The number of rotatable bonds is 3. The molecule has 0 bridgehead atoms. The van der Waals surface area contributed by atoms with Crippen LogP contribution in [-0.4, -0.2) is 58.0 Å². The molecule has 0 aliphatic carbocycles. The largest absolute Gasteiger partial charge is 0.497 e. The normalized spacial score (nSPS) is 14.9. The molecule has 1 amide bonds. The number of carbonyl (C=O) groups is 1. The number of ether oxygens (including phenoxy) is 1. The van der Waals surface area contributed by atoms with Crippen molar-refractivity contribution in [2.75, 3.05) is 33.3 Å². The molecule has 0 atom stereocenters. The molecule has 8 heteroatoms. The summed E-state index contributed by atoms with van der Waals surface area (Å²) in [5, 5.41) is 3.28. The van der Waals surface area contributed by atoms with Crippen molar-refractivity contribution >= 4 is 11.6 Å². The van der Waals surface area contributed by atoms with Crippen LogP contribution in [0.4, 0.5) is 0 Å². The standard InChI is InChI=1S/C20H23N5O3/c1-23-17(14-4-6-15(28-2)7-5-14)13-25-12-16(22-18(25)20(23)27)19(26)24-10-3-8-21-9-11-24/h4-7,12-13,21H,3,8-11H2,1-2H3. The van der Waals surface area contributed by atoms with Crippen LogP contribution in [0.25, 0.3) is 16.9 Å². The zero-order valence-corrected chi connectivity index (χ0v) is 16.0. The molecule has 3 aromatic rings. The summed E-state index contributed by atoms with van der Waals surface area (Å²) in [7, 11) is 3.32. The van der Waals surface area contributed by atoms with E-state index in [2.05, 4.69) is 10.3 Å². The third-order valence-electron chi connectivity index (χ3n) is 5.08. The molecule has 4 rings (SSSR count). The number of hydrogen-bond donors (Lipinski definition) is 1. The van der Waals surface area contributed by atoms with Gasteiger partial charge in [0.05, 0.1) is 12.8 Å². The van der Waals surface area contributed by atoms with Crippen LogP contribution in [-0.2, 0) is 7.05 Å². The van der Waals surface area contributed by atoms with Crippen LogP contribution in [0, 0.1) is 0 Å². The monoisotopic (exact) mass is 381 g/mol. The van der Waals surface area contributed by atoms with Crippen LogP contribution >= 0.6 is 0 Å². The number of fused-ring (bicyclic) bond motifs is 1. The minimum absolute atomic E-state index is 0.138. The molecule has 1 fully saturated rings. The fourth-order valence-corrected chi connectivity index (χ4v) is 3.47. The summed E-state index contributed by atoms with van der Waals surface area (Å²) in [5.74, 6) is 0.609. The molecule has 1 saturated heterocycles. The summed E-state index contributed by atoms with van der Waals surface area (Å²) in [6.07, 6.45) is 4.37. The number of imidazole rings is 1. The van der Waals surface area contributed by atoms with Crippen molar-refractivity contribution in [3.05, 3.63) is 52.7 Å². The van der Waals surface area contributed by atoms with Crippen LogP contribution in [0.2, 0.25) is 0 Å². The van der Waals surface area contributed by atoms with Gasteiger partial charge >= 0.3 is 0 Å². The summed E-state index contributed by atoms with van der Waals surface area (Å²) < 4.78 is 8.39. The van der Waals surface area contributed by atoms with Gasteiger partial charge in [-0.05, 0) is 37.2 Å². The Morgan fingerprint density at radius 2 is 1.93 bits per heavy atom. The van der Waals surface area contributed by atoms with Crippen LogP contribution in [0.1, 0.15) is 16.9 Å². The van der Waals surface area contributed by atoms with E-state index in [0.29, 0.717) is 18.8 Å². The van der Waals surface area contributed by atoms with Crippen LogP contribution in [0.15, 0.2) is 41.5 Å². The minimum atomic E-state index is -0.245. The quantitative estimate of drug-likeness (QED) is 0.736. The summed E-state index contributed by atoms with van der Waals surface area (Å²) in [4.78, 5) is 31.8. The lowest BCUT2D eigenvalue weighted by molar-refractivity contribution is 0.0761. The molecule has 1 aliphatic heterocycles. The Morgan fingerprint density at radius 1 is 1.14 bits per heavy atom. The highest BCUT2D eigenvalue weighted by Gasteiger charge is 2.21. The Hall–Kier alpha value is -3.13. The molecular formula is C20H23N5O3. The van der Waals surface area contributed by atoms with Crippen molar-refractivity contribution in [1.82, 2.24) is 24.2 Å². The molecule has 0 saturated carbocycles. The third kappa shape index (κ3) is 3.27. The SMILES string of the molecule is COc1ccc(-c2cn3cc(C(=O)N4CCCNCC4)nc3c(=O)n2C)cc1. The van der Waals surface area contributed by atoms with E-state index in [0.717, 1.165) is 36.5 Å². The fourth-order valence-electron chi connectivity index (χ4n) is 3.47. The van der Waals surface area contributed by atoms with Gasteiger partial charge in [-0.25, -0.2) is 4.98 Å². The van der Waals surface area contributed by atoms with Crippen molar-refractivity contribution in [2.24, 2.45) is 7.05 Å². The molecule has 0 unspecified atom stereocenters. The summed E-state index contributed by atoms with van der Waals surface area (Å²) in [6.45, 7) is 3.00. The highest BCUT2D eigenvalue weighted by Crippen LogP contribution is 2.21.